The molecule has 0 aliphatic carbocycles. The van der Waals surface area contributed by atoms with E-state index in [1.165, 1.54) is 14.2 Å². The highest BCUT2D eigenvalue weighted by atomic mass is 35.5. The minimum absolute atomic E-state index is 0.125. The molecule has 4 heterocycles. The molecule has 3 aliphatic rings. The summed E-state index contributed by atoms with van der Waals surface area (Å²) in [6, 6.07) is 20.1. The Bertz CT molecular complexity index is 1870. The number of anilines is 1. The molecular formula is C39H40Cl2N3O8+. The number of carbonyl (C=O) groups excluding carboxylic acids is 3. The van der Waals surface area contributed by atoms with E-state index in [0.29, 0.717) is 44.3 Å². The molecule has 7 rings (SSSR count). The van der Waals surface area contributed by atoms with Gasteiger partial charge in [-0.05, 0) is 73.3 Å². The van der Waals surface area contributed by atoms with Gasteiger partial charge in [-0.1, -0.05) is 65.7 Å². The van der Waals surface area contributed by atoms with Crippen molar-refractivity contribution in [1.29, 1.82) is 0 Å². The molecule has 1 aromatic heterocycles. The van der Waals surface area contributed by atoms with Gasteiger partial charge in [-0.25, -0.2) is 19.4 Å². The molecule has 3 aliphatic heterocycles. The Balaban J connectivity index is 1.13. The Kier molecular flexibility index (Phi) is 12.2. The van der Waals surface area contributed by atoms with Gasteiger partial charge in [0.1, 0.15) is 22.3 Å². The maximum absolute atomic E-state index is 13.6. The number of esters is 3. The number of fused-ring (bicyclic) bond motifs is 3. The minimum Gasteiger partial charge on any atom is -0.493 e. The number of rotatable bonds is 14. The average molecular weight is 750 g/mol. The fourth-order valence-electron chi connectivity index (χ4n) is 6.63. The van der Waals surface area contributed by atoms with E-state index in [0.717, 1.165) is 38.0 Å². The summed E-state index contributed by atoms with van der Waals surface area (Å²) in [5.41, 5.74) is 2.53. The summed E-state index contributed by atoms with van der Waals surface area (Å²) in [5.74, 6) is -0.649. The number of piperidine rings is 3. The van der Waals surface area contributed by atoms with E-state index in [2.05, 4.69) is 15.2 Å². The van der Waals surface area contributed by atoms with Crippen molar-refractivity contribution in [3.05, 3.63) is 117 Å². The fraction of sp³-hybridized carbons (Fsp3) is 0.333. The zero-order chi connectivity index (χ0) is 36.6. The second-order valence-corrected chi connectivity index (χ2v) is 13.5. The molecular weight excluding hydrogens is 709 g/mol. The monoisotopic (exact) mass is 748 g/mol. The van der Waals surface area contributed by atoms with E-state index in [4.69, 9.17) is 46.9 Å². The quantitative estimate of drug-likeness (QED) is 0.116. The zero-order valence-corrected chi connectivity index (χ0v) is 30.3. The van der Waals surface area contributed by atoms with E-state index in [1.807, 2.05) is 30.3 Å². The molecule has 272 valence electrons. The first-order valence-corrected chi connectivity index (χ1v) is 17.7. The van der Waals surface area contributed by atoms with Gasteiger partial charge in [-0.15, -0.1) is 0 Å². The second kappa shape index (κ2) is 17.1. The molecule has 52 heavy (non-hydrogen) atoms. The summed E-state index contributed by atoms with van der Waals surface area (Å²) in [4.78, 5) is 45.2. The van der Waals surface area contributed by atoms with Crippen LogP contribution in [-0.4, -0.2) is 69.4 Å². The molecule has 3 aromatic carbocycles. The standard InChI is InChI=1S/C39H39Cl2N3O8/c1-48-32-12-11-26(18-34(32)49-2)33(19-29-30(40)20-42-21-31(29)41)51-36(45)23-50-38(46)27-9-6-10-28(17-27)43-37(25-7-4-3-5-8-25)39(47)52-35-22-44-15-13-24(35)14-16-44/h3-12,17-18,20-21,24,33,35,37,43H,13-16,19,22-23H2,1-2H3/p+1/t33?,35-,37?/m0/s1. The minimum atomic E-state index is -0.869. The number of nitrogens with one attached hydrogen (secondary N) is 2. The Morgan fingerprint density at radius 2 is 1.62 bits per heavy atom. The van der Waals surface area contributed by atoms with Crippen LogP contribution in [-0.2, 0) is 30.2 Å². The Hall–Kier alpha value is -4.84. The van der Waals surface area contributed by atoms with E-state index < -0.39 is 30.7 Å². The van der Waals surface area contributed by atoms with Crippen molar-refractivity contribution in [2.75, 3.05) is 45.8 Å². The second-order valence-electron chi connectivity index (χ2n) is 12.7. The molecule has 3 fully saturated rings. The maximum atomic E-state index is 13.6. The third kappa shape index (κ3) is 8.96. The number of ether oxygens (including phenoxy) is 5. The molecule has 0 amide bonds. The van der Waals surface area contributed by atoms with E-state index >= 15 is 0 Å². The molecule has 2 bridgehead atoms. The molecule has 11 nitrogen and oxygen atoms in total. The van der Waals surface area contributed by atoms with E-state index in [1.54, 1.807) is 54.9 Å². The summed E-state index contributed by atoms with van der Waals surface area (Å²) in [6.07, 6.45) is 4.28. The Morgan fingerprint density at radius 3 is 2.29 bits per heavy atom. The Morgan fingerprint density at radius 1 is 0.885 bits per heavy atom. The van der Waals surface area contributed by atoms with Crippen LogP contribution < -0.4 is 19.8 Å². The van der Waals surface area contributed by atoms with Crippen LogP contribution in [0, 0.1) is 5.92 Å². The van der Waals surface area contributed by atoms with Crippen molar-refractivity contribution >= 4 is 46.8 Å². The van der Waals surface area contributed by atoms with Gasteiger partial charge in [0.25, 0.3) is 0 Å². The van der Waals surface area contributed by atoms with Gasteiger partial charge in [0.05, 0.1) is 19.8 Å². The number of nitrogens with zero attached hydrogens (tertiary/aromatic N) is 1. The van der Waals surface area contributed by atoms with Crippen molar-refractivity contribution in [3.63, 3.8) is 0 Å². The van der Waals surface area contributed by atoms with Crippen molar-refractivity contribution in [2.45, 2.75) is 37.5 Å². The maximum Gasteiger partial charge on any atom is 0.344 e. The summed E-state index contributed by atoms with van der Waals surface area (Å²) < 4.78 is 28.1. The van der Waals surface area contributed by atoms with Gasteiger partial charge < -0.3 is 29.0 Å². The van der Waals surface area contributed by atoms with Crippen molar-refractivity contribution < 1.29 is 43.1 Å². The summed E-state index contributed by atoms with van der Waals surface area (Å²) in [5, 5.41) is 3.97. The molecule has 0 spiro atoms. The van der Waals surface area contributed by atoms with Crippen LogP contribution in [0.2, 0.25) is 10.0 Å². The lowest BCUT2D eigenvalue weighted by Gasteiger charge is -2.44. The predicted octanol–water partition coefficient (Wildman–Crippen LogP) is 6.30. The molecule has 2 unspecified atom stereocenters. The van der Waals surface area contributed by atoms with Crippen LogP contribution in [0.1, 0.15) is 52.0 Å². The molecule has 13 heteroatoms. The number of H-pyrrole nitrogens is 1. The van der Waals surface area contributed by atoms with Gasteiger partial charge in [0.15, 0.2) is 36.5 Å². The van der Waals surface area contributed by atoms with Gasteiger partial charge in [0, 0.05) is 24.2 Å². The summed E-state index contributed by atoms with van der Waals surface area (Å²) in [6.45, 7) is 2.15. The number of halogens is 2. The van der Waals surface area contributed by atoms with Gasteiger partial charge >= 0.3 is 17.9 Å². The van der Waals surface area contributed by atoms with Crippen LogP contribution in [0.3, 0.4) is 0 Å². The summed E-state index contributed by atoms with van der Waals surface area (Å²) >= 11 is 12.9. The lowest BCUT2D eigenvalue weighted by Crippen LogP contribution is -2.52. The molecule has 2 N–H and O–H groups in total. The first kappa shape index (κ1) is 36.9. The fourth-order valence-corrected chi connectivity index (χ4v) is 7.16. The normalized spacial score (nSPS) is 18.8. The van der Waals surface area contributed by atoms with Crippen LogP contribution in [0.25, 0.3) is 0 Å². The number of carbonyl (C=O) groups is 3. The predicted molar refractivity (Wildman–Crippen MR) is 194 cm³/mol. The van der Waals surface area contributed by atoms with E-state index in [-0.39, 0.29) is 24.1 Å². The topological polar surface area (TPSA) is 127 Å². The third-order valence-corrected chi connectivity index (χ3v) is 10.1. The number of benzene rings is 3. The molecule has 0 saturated carbocycles. The Labute approximate surface area is 312 Å². The number of hydrogen-bond donors (Lipinski definition) is 1. The molecule has 0 radical (unpaired) electrons. The first-order chi connectivity index (χ1) is 25.2. The molecule has 4 aromatic rings. The van der Waals surface area contributed by atoms with Gasteiger partial charge in [-0.3, -0.25) is 4.90 Å². The van der Waals surface area contributed by atoms with Crippen molar-refractivity contribution in [2.24, 2.45) is 5.92 Å². The highest BCUT2D eigenvalue weighted by molar-refractivity contribution is 6.35. The average Bonchev–Trinajstić information content (AvgIpc) is 3.17. The van der Waals surface area contributed by atoms with Crippen molar-refractivity contribution in [1.82, 2.24) is 4.90 Å². The number of aromatic nitrogens is 1. The highest BCUT2D eigenvalue weighted by Gasteiger charge is 2.38. The molecule has 3 saturated heterocycles. The summed E-state index contributed by atoms with van der Waals surface area (Å²) in [7, 11) is 3.02. The van der Waals surface area contributed by atoms with Crippen LogP contribution in [0.4, 0.5) is 5.69 Å². The van der Waals surface area contributed by atoms with Crippen molar-refractivity contribution in [3.8, 4) is 11.5 Å². The number of pyridine rings is 1. The van der Waals surface area contributed by atoms with Gasteiger partial charge in [0.2, 0.25) is 0 Å². The lowest BCUT2D eigenvalue weighted by atomic mass is 9.86. The number of hydrogen-bond acceptors (Lipinski definition) is 10. The van der Waals surface area contributed by atoms with Crippen LogP contribution in [0.5, 0.6) is 11.5 Å². The van der Waals surface area contributed by atoms with Gasteiger partial charge in [-0.2, -0.15) is 0 Å². The third-order valence-electron chi connectivity index (χ3n) is 9.40. The van der Waals surface area contributed by atoms with Crippen LogP contribution in [0.15, 0.2) is 85.2 Å². The lowest BCUT2D eigenvalue weighted by molar-refractivity contribution is -0.377. The molecule has 3 atom stereocenters. The SMILES string of the molecule is COc1ccc(C(Cc2c(Cl)c[nH+]cc2Cl)OC(=O)COC(=O)c2cccc(NC(C(=O)O[C@H]3CN4CCC3CC4)c3ccccc3)c2)cc1OC. The smallest absolute Gasteiger partial charge is 0.344 e. The first-order valence-electron chi connectivity index (χ1n) is 17.0. The highest BCUT2D eigenvalue weighted by Crippen LogP contribution is 2.35. The van der Waals surface area contributed by atoms with E-state index in [9.17, 15) is 14.4 Å². The number of aromatic amines is 1. The van der Waals surface area contributed by atoms with Crippen LogP contribution >= 0.6 is 23.2 Å². The largest absolute Gasteiger partial charge is 0.493 e. The zero-order valence-electron chi connectivity index (χ0n) is 28.8. The number of methoxy groups -OCH3 is 2.